The second-order valence-electron chi connectivity index (χ2n) is 8.18. The van der Waals surface area contributed by atoms with E-state index in [1.54, 1.807) is 61.4 Å². The number of benzene rings is 2. The average Bonchev–Trinajstić information content (AvgIpc) is 3.58. The molecule has 1 N–H and O–H groups in total. The van der Waals surface area contributed by atoms with Crippen molar-refractivity contribution in [1.82, 2.24) is 14.5 Å². The lowest BCUT2D eigenvalue weighted by atomic mass is 10.2. The number of nitrogens with zero attached hydrogens (tertiary/aromatic N) is 3. The molecule has 0 saturated heterocycles. The number of halogens is 1. The van der Waals surface area contributed by atoms with Gasteiger partial charge in [0.1, 0.15) is 18.9 Å². The molecule has 198 valence electrons. The highest BCUT2D eigenvalue weighted by Gasteiger charge is 2.21. The van der Waals surface area contributed by atoms with Gasteiger partial charge >= 0.3 is 0 Å². The van der Waals surface area contributed by atoms with Crippen molar-refractivity contribution in [3.05, 3.63) is 77.8 Å². The van der Waals surface area contributed by atoms with E-state index in [2.05, 4.69) is 10.3 Å². The summed E-state index contributed by atoms with van der Waals surface area (Å²) in [6.45, 7) is -0.296. The van der Waals surface area contributed by atoms with E-state index in [0.717, 1.165) is 5.56 Å². The van der Waals surface area contributed by atoms with E-state index in [1.165, 1.54) is 18.3 Å². The van der Waals surface area contributed by atoms with Gasteiger partial charge in [-0.15, -0.1) is 0 Å². The van der Waals surface area contributed by atoms with Gasteiger partial charge in [0.15, 0.2) is 11.5 Å². The molecule has 0 spiro atoms. The van der Waals surface area contributed by atoms with Crippen molar-refractivity contribution in [1.29, 1.82) is 0 Å². The minimum absolute atomic E-state index is 0.114. The summed E-state index contributed by atoms with van der Waals surface area (Å²) in [4.78, 5) is 31.8. The van der Waals surface area contributed by atoms with Gasteiger partial charge in [-0.25, -0.2) is 4.98 Å². The van der Waals surface area contributed by atoms with E-state index in [-0.39, 0.29) is 31.6 Å². The third kappa shape index (κ3) is 6.34. The van der Waals surface area contributed by atoms with Gasteiger partial charge in [-0.05, 0) is 36.4 Å². The van der Waals surface area contributed by atoms with Gasteiger partial charge < -0.3 is 23.5 Å². The van der Waals surface area contributed by atoms with E-state index in [0.29, 0.717) is 33.7 Å². The van der Waals surface area contributed by atoms with Crippen LogP contribution in [-0.2, 0) is 20.9 Å². The number of methoxy groups -OCH3 is 3. The molecule has 0 aliphatic rings. The Bertz CT molecular complexity index is 1390. The van der Waals surface area contributed by atoms with E-state index in [1.807, 2.05) is 18.2 Å². The maximum atomic E-state index is 13.2. The smallest absolute Gasteiger partial charge is 0.249 e. The molecule has 11 heteroatoms. The Kier molecular flexibility index (Phi) is 8.67. The van der Waals surface area contributed by atoms with Gasteiger partial charge in [-0.1, -0.05) is 23.7 Å². The van der Waals surface area contributed by atoms with Gasteiger partial charge in [0.05, 0.1) is 38.4 Å². The molecule has 2 aromatic carbocycles. The number of hydrogen-bond acceptors (Lipinski definition) is 7. The van der Waals surface area contributed by atoms with Crippen LogP contribution < -0.4 is 14.8 Å². The van der Waals surface area contributed by atoms with Crippen LogP contribution in [0, 0.1) is 0 Å². The SMILES string of the molecule is COCC(=O)N(CC(=O)Nc1nc(-c2ccc(Cl)cc2)cn1-c1ccc(OC)c(OC)c1)Cc1ccco1. The first kappa shape index (κ1) is 26.8. The van der Waals surface area contributed by atoms with Crippen molar-refractivity contribution in [3.63, 3.8) is 0 Å². The van der Waals surface area contributed by atoms with Crippen LogP contribution in [0.2, 0.25) is 5.02 Å². The van der Waals surface area contributed by atoms with Crippen LogP contribution in [0.4, 0.5) is 5.95 Å². The third-order valence-corrected chi connectivity index (χ3v) is 5.88. The molecule has 0 radical (unpaired) electrons. The third-order valence-electron chi connectivity index (χ3n) is 5.62. The summed E-state index contributed by atoms with van der Waals surface area (Å²) in [6.07, 6.45) is 3.30. The second kappa shape index (κ2) is 12.3. The number of ether oxygens (including phenoxy) is 3. The van der Waals surface area contributed by atoms with Crippen LogP contribution >= 0.6 is 11.6 Å². The predicted octanol–water partition coefficient (Wildman–Crippen LogP) is 4.42. The Morgan fingerprint density at radius 1 is 1.05 bits per heavy atom. The Hall–Kier alpha value is -4.28. The van der Waals surface area contributed by atoms with Crippen LogP contribution in [0.15, 0.2) is 71.5 Å². The van der Waals surface area contributed by atoms with Crippen molar-refractivity contribution >= 4 is 29.4 Å². The van der Waals surface area contributed by atoms with Crippen LogP contribution in [0.3, 0.4) is 0 Å². The van der Waals surface area contributed by atoms with Gasteiger partial charge in [-0.3, -0.25) is 19.5 Å². The van der Waals surface area contributed by atoms with Crippen LogP contribution in [0.5, 0.6) is 11.5 Å². The molecule has 0 atom stereocenters. The number of rotatable bonds is 11. The zero-order valence-corrected chi connectivity index (χ0v) is 21.9. The number of amides is 2. The number of carbonyl (C=O) groups is 2. The molecular formula is C27H27ClN4O6. The monoisotopic (exact) mass is 538 g/mol. The Morgan fingerprint density at radius 2 is 1.82 bits per heavy atom. The minimum atomic E-state index is -0.448. The van der Waals surface area contributed by atoms with Gasteiger partial charge in [0, 0.05) is 30.0 Å². The molecule has 10 nitrogen and oxygen atoms in total. The fraction of sp³-hybridized carbons (Fsp3) is 0.222. The Labute approximate surface area is 224 Å². The number of furan rings is 1. The van der Waals surface area contributed by atoms with Crippen molar-refractivity contribution in [2.24, 2.45) is 0 Å². The summed E-state index contributed by atoms with van der Waals surface area (Å²) in [7, 11) is 4.52. The molecule has 38 heavy (non-hydrogen) atoms. The zero-order chi connectivity index (χ0) is 27.1. The van der Waals surface area contributed by atoms with Crippen LogP contribution in [0.25, 0.3) is 16.9 Å². The number of anilines is 1. The highest BCUT2D eigenvalue weighted by atomic mass is 35.5. The Balaban J connectivity index is 1.65. The van der Waals surface area contributed by atoms with Gasteiger partial charge in [-0.2, -0.15) is 0 Å². The molecule has 0 bridgehead atoms. The van der Waals surface area contributed by atoms with Gasteiger partial charge in [0.2, 0.25) is 17.8 Å². The molecule has 2 aromatic heterocycles. The maximum Gasteiger partial charge on any atom is 0.249 e. The standard InChI is InChI=1S/C27H27ClN4O6/c1-35-17-26(34)31(14-21-5-4-12-38-21)16-25(33)30-27-29-22(18-6-8-19(28)9-7-18)15-32(27)20-10-11-23(36-2)24(13-20)37-3/h4-13,15H,14,16-17H2,1-3H3,(H,29,30,33). The fourth-order valence-electron chi connectivity index (χ4n) is 3.77. The van der Waals surface area contributed by atoms with E-state index in [4.69, 9.17) is 30.2 Å². The van der Waals surface area contributed by atoms with E-state index >= 15 is 0 Å². The summed E-state index contributed by atoms with van der Waals surface area (Å²) in [6, 6.07) is 16.0. The summed E-state index contributed by atoms with van der Waals surface area (Å²) in [5, 5.41) is 3.43. The maximum absolute atomic E-state index is 13.2. The quantitative estimate of drug-likeness (QED) is 0.301. The molecule has 4 aromatic rings. The summed E-state index contributed by atoms with van der Waals surface area (Å²) >= 11 is 6.05. The molecule has 4 rings (SSSR count). The van der Waals surface area contributed by atoms with E-state index in [9.17, 15) is 9.59 Å². The lowest BCUT2D eigenvalue weighted by Crippen LogP contribution is -2.39. The minimum Gasteiger partial charge on any atom is -0.493 e. The summed E-state index contributed by atoms with van der Waals surface area (Å²) in [5.41, 5.74) is 2.09. The topological polar surface area (TPSA) is 108 Å². The van der Waals surface area contributed by atoms with Crippen molar-refractivity contribution in [2.75, 3.05) is 39.8 Å². The Morgan fingerprint density at radius 3 is 2.47 bits per heavy atom. The van der Waals surface area contributed by atoms with Crippen molar-refractivity contribution < 1.29 is 28.2 Å². The van der Waals surface area contributed by atoms with Gasteiger partial charge in [0.25, 0.3) is 0 Å². The molecular weight excluding hydrogens is 512 g/mol. The lowest BCUT2D eigenvalue weighted by Gasteiger charge is -2.21. The van der Waals surface area contributed by atoms with Crippen molar-refractivity contribution in [2.45, 2.75) is 6.54 Å². The molecule has 0 saturated carbocycles. The first-order valence-corrected chi connectivity index (χ1v) is 12.0. The average molecular weight is 539 g/mol. The molecule has 2 heterocycles. The predicted molar refractivity (Wildman–Crippen MR) is 142 cm³/mol. The highest BCUT2D eigenvalue weighted by molar-refractivity contribution is 6.30. The molecule has 0 unspecified atom stereocenters. The summed E-state index contributed by atoms with van der Waals surface area (Å²) < 4.78 is 22.9. The van der Waals surface area contributed by atoms with Crippen LogP contribution in [0.1, 0.15) is 5.76 Å². The van der Waals surface area contributed by atoms with Crippen LogP contribution in [-0.4, -0.2) is 60.7 Å². The molecule has 0 aliphatic heterocycles. The molecule has 0 fully saturated rings. The largest absolute Gasteiger partial charge is 0.493 e. The number of imidazole rings is 1. The lowest BCUT2D eigenvalue weighted by molar-refractivity contribution is -0.138. The number of carbonyl (C=O) groups excluding carboxylic acids is 2. The molecule has 0 aliphatic carbocycles. The zero-order valence-electron chi connectivity index (χ0n) is 21.1. The molecule has 2 amide bonds. The number of aromatic nitrogens is 2. The second-order valence-corrected chi connectivity index (χ2v) is 8.61. The summed E-state index contributed by atoms with van der Waals surface area (Å²) in [5.74, 6) is 1.06. The van der Waals surface area contributed by atoms with Crippen molar-refractivity contribution in [3.8, 4) is 28.4 Å². The number of nitrogens with one attached hydrogen (secondary N) is 1. The highest BCUT2D eigenvalue weighted by Crippen LogP contribution is 2.32. The first-order valence-electron chi connectivity index (χ1n) is 11.6. The van der Waals surface area contributed by atoms with E-state index < -0.39 is 5.91 Å². The fourth-order valence-corrected chi connectivity index (χ4v) is 3.90. The first-order chi connectivity index (χ1) is 18.4. The number of hydrogen-bond donors (Lipinski definition) is 1. The normalized spacial score (nSPS) is 10.7.